The second-order valence-corrected chi connectivity index (χ2v) is 7.72. The molecule has 2 atom stereocenters. The Labute approximate surface area is 120 Å². The predicted octanol–water partition coefficient (Wildman–Crippen LogP) is 1.29. The summed E-state index contributed by atoms with van der Waals surface area (Å²) in [6, 6.07) is -0.919. The molecule has 1 N–H and O–H groups in total. The lowest BCUT2D eigenvalue weighted by atomic mass is 9.93. The van der Waals surface area contributed by atoms with Gasteiger partial charge in [-0.1, -0.05) is 19.8 Å². The molecule has 2 unspecified atom stereocenters. The quantitative estimate of drug-likeness (QED) is 0.852. The highest BCUT2D eigenvalue weighted by molar-refractivity contribution is 7.86. The van der Waals surface area contributed by atoms with Gasteiger partial charge in [-0.2, -0.15) is 17.0 Å². The smallest absolute Gasteiger partial charge is 0.322 e. The molecule has 2 heterocycles. The van der Waals surface area contributed by atoms with Crippen molar-refractivity contribution in [2.45, 2.75) is 51.5 Å². The molecule has 0 amide bonds. The van der Waals surface area contributed by atoms with Crippen LogP contribution in [0, 0.1) is 5.92 Å². The number of hydrogen-bond donors (Lipinski definition) is 1. The molecule has 0 spiro atoms. The monoisotopic (exact) mass is 304 g/mol. The molecule has 0 aliphatic carbocycles. The summed E-state index contributed by atoms with van der Waals surface area (Å²) in [4.78, 5) is 11.4. The Morgan fingerprint density at radius 3 is 2.20 bits per heavy atom. The van der Waals surface area contributed by atoms with Crippen molar-refractivity contribution in [3.05, 3.63) is 0 Å². The Morgan fingerprint density at radius 2 is 1.65 bits per heavy atom. The highest BCUT2D eigenvalue weighted by atomic mass is 32.2. The van der Waals surface area contributed by atoms with Crippen LogP contribution in [0.5, 0.6) is 0 Å². The van der Waals surface area contributed by atoms with Crippen molar-refractivity contribution in [1.82, 2.24) is 8.61 Å². The molecule has 2 aliphatic rings. The van der Waals surface area contributed by atoms with E-state index in [0.717, 1.165) is 38.5 Å². The first-order chi connectivity index (χ1) is 9.44. The van der Waals surface area contributed by atoms with Crippen LogP contribution < -0.4 is 0 Å². The first kappa shape index (κ1) is 15.7. The van der Waals surface area contributed by atoms with Gasteiger partial charge in [0.05, 0.1) is 0 Å². The molecule has 0 aromatic heterocycles. The van der Waals surface area contributed by atoms with Crippen molar-refractivity contribution in [3.8, 4) is 0 Å². The van der Waals surface area contributed by atoms with Crippen LogP contribution in [0.3, 0.4) is 0 Å². The van der Waals surface area contributed by atoms with E-state index in [4.69, 9.17) is 0 Å². The number of aliphatic carboxylic acids is 1. The Hall–Kier alpha value is -0.660. The van der Waals surface area contributed by atoms with E-state index < -0.39 is 22.2 Å². The van der Waals surface area contributed by atoms with E-state index in [-0.39, 0.29) is 5.92 Å². The molecule has 0 aromatic carbocycles. The fourth-order valence-electron chi connectivity index (χ4n) is 3.20. The van der Waals surface area contributed by atoms with E-state index in [1.54, 1.807) is 0 Å². The van der Waals surface area contributed by atoms with E-state index in [9.17, 15) is 18.3 Å². The van der Waals surface area contributed by atoms with E-state index >= 15 is 0 Å². The molecular weight excluding hydrogens is 280 g/mol. The third-order valence-corrected chi connectivity index (χ3v) is 6.35. The average Bonchev–Trinajstić information content (AvgIpc) is 2.67. The summed E-state index contributed by atoms with van der Waals surface area (Å²) in [6.07, 6.45) is 5.32. The highest BCUT2D eigenvalue weighted by Gasteiger charge is 2.43. The van der Waals surface area contributed by atoms with Gasteiger partial charge in [-0.05, 0) is 31.6 Å². The summed E-state index contributed by atoms with van der Waals surface area (Å²) in [5.41, 5.74) is 0. The maximum absolute atomic E-state index is 12.7. The zero-order valence-corrected chi connectivity index (χ0v) is 12.8. The van der Waals surface area contributed by atoms with Gasteiger partial charge in [-0.3, -0.25) is 4.79 Å². The van der Waals surface area contributed by atoms with Gasteiger partial charge in [0.25, 0.3) is 10.2 Å². The van der Waals surface area contributed by atoms with Gasteiger partial charge < -0.3 is 5.11 Å². The highest BCUT2D eigenvalue weighted by Crippen LogP contribution is 2.28. The van der Waals surface area contributed by atoms with Gasteiger partial charge >= 0.3 is 5.97 Å². The second kappa shape index (κ2) is 6.41. The Kier molecular flexibility index (Phi) is 5.04. The van der Waals surface area contributed by atoms with Crippen LogP contribution in [0.25, 0.3) is 0 Å². The number of carbonyl (C=O) groups is 1. The van der Waals surface area contributed by atoms with Gasteiger partial charge in [0.15, 0.2) is 0 Å². The molecule has 0 aromatic rings. The number of rotatable bonds is 3. The lowest BCUT2D eigenvalue weighted by Gasteiger charge is -2.38. The summed E-state index contributed by atoms with van der Waals surface area (Å²) >= 11 is 0. The Balaban J connectivity index is 2.23. The number of carboxylic acid groups (broad SMARTS) is 1. The lowest BCUT2D eigenvalue weighted by Crippen LogP contribution is -2.56. The summed E-state index contributed by atoms with van der Waals surface area (Å²) in [5, 5.41) is 9.37. The maximum Gasteiger partial charge on any atom is 0.322 e. The molecule has 0 saturated carbocycles. The SMILES string of the molecule is CC1CCCN(S(=O)(=O)N2CCCCCC2)C1C(=O)O. The Bertz CT molecular complexity index is 443. The topological polar surface area (TPSA) is 77.9 Å². The predicted molar refractivity (Wildman–Crippen MR) is 75.5 cm³/mol. The fourth-order valence-corrected chi connectivity index (χ4v) is 5.16. The summed E-state index contributed by atoms with van der Waals surface area (Å²) < 4.78 is 28.2. The number of hydrogen-bond acceptors (Lipinski definition) is 3. The first-order valence-electron chi connectivity index (χ1n) is 7.44. The standard InChI is InChI=1S/C13H24N2O4S/c1-11-7-6-10-15(12(11)13(16)17)20(18,19)14-8-4-2-3-5-9-14/h11-12H,2-10H2,1H3,(H,16,17). The lowest BCUT2D eigenvalue weighted by molar-refractivity contribution is -0.144. The van der Waals surface area contributed by atoms with Crippen molar-refractivity contribution in [2.24, 2.45) is 5.92 Å². The van der Waals surface area contributed by atoms with Crippen molar-refractivity contribution in [1.29, 1.82) is 0 Å². The van der Waals surface area contributed by atoms with Gasteiger partial charge in [0.1, 0.15) is 6.04 Å². The van der Waals surface area contributed by atoms with Crippen LogP contribution in [0.15, 0.2) is 0 Å². The molecule has 2 rings (SSSR count). The van der Waals surface area contributed by atoms with E-state index in [1.165, 1.54) is 8.61 Å². The molecular formula is C13H24N2O4S. The molecule has 20 heavy (non-hydrogen) atoms. The largest absolute Gasteiger partial charge is 0.480 e. The van der Waals surface area contributed by atoms with Crippen molar-refractivity contribution in [2.75, 3.05) is 19.6 Å². The van der Waals surface area contributed by atoms with Gasteiger partial charge in [-0.15, -0.1) is 0 Å². The van der Waals surface area contributed by atoms with Crippen LogP contribution >= 0.6 is 0 Å². The zero-order chi connectivity index (χ0) is 14.8. The van der Waals surface area contributed by atoms with Crippen molar-refractivity contribution >= 4 is 16.2 Å². The van der Waals surface area contributed by atoms with Gasteiger partial charge in [-0.25, -0.2) is 0 Å². The molecule has 0 radical (unpaired) electrons. The fraction of sp³-hybridized carbons (Fsp3) is 0.923. The normalized spacial score (nSPS) is 30.9. The molecule has 6 nitrogen and oxygen atoms in total. The van der Waals surface area contributed by atoms with E-state index in [1.807, 2.05) is 6.92 Å². The van der Waals surface area contributed by atoms with Gasteiger partial charge in [0, 0.05) is 19.6 Å². The molecule has 2 aliphatic heterocycles. The van der Waals surface area contributed by atoms with Crippen LogP contribution in [0.4, 0.5) is 0 Å². The van der Waals surface area contributed by atoms with E-state index in [0.29, 0.717) is 19.6 Å². The zero-order valence-electron chi connectivity index (χ0n) is 12.0. The number of nitrogens with zero attached hydrogens (tertiary/aromatic N) is 2. The minimum absolute atomic E-state index is 0.136. The van der Waals surface area contributed by atoms with Crippen LogP contribution in [0.2, 0.25) is 0 Å². The van der Waals surface area contributed by atoms with Crippen molar-refractivity contribution in [3.63, 3.8) is 0 Å². The summed E-state index contributed by atoms with van der Waals surface area (Å²) in [7, 11) is -3.65. The maximum atomic E-state index is 12.7. The van der Waals surface area contributed by atoms with Crippen LogP contribution in [0.1, 0.15) is 45.4 Å². The molecule has 116 valence electrons. The first-order valence-corrected chi connectivity index (χ1v) is 8.84. The van der Waals surface area contributed by atoms with Gasteiger partial charge in [0.2, 0.25) is 0 Å². The third-order valence-electron chi connectivity index (χ3n) is 4.33. The Morgan fingerprint density at radius 1 is 1.05 bits per heavy atom. The minimum atomic E-state index is -3.65. The number of piperidine rings is 1. The summed E-state index contributed by atoms with van der Waals surface area (Å²) in [6.45, 7) is 3.17. The van der Waals surface area contributed by atoms with Crippen LogP contribution in [-0.4, -0.2) is 53.8 Å². The van der Waals surface area contributed by atoms with E-state index in [2.05, 4.69) is 0 Å². The second-order valence-electron chi connectivity index (χ2n) is 5.83. The third kappa shape index (κ3) is 3.15. The summed E-state index contributed by atoms with van der Waals surface area (Å²) in [5.74, 6) is -1.17. The molecule has 2 saturated heterocycles. The molecule has 7 heteroatoms. The molecule has 0 bridgehead atoms. The average molecular weight is 304 g/mol. The van der Waals surface area contributed by atoms with Crippen LogP contribution in [-0.2, 0) is 15.0 Å². The van der Waals surface area contributed by atoms with Crippen molar-refractivity contribution < 1.29 is 18.3 Å². The molecule has 2 fully saturated rings. The number of carboxylic acids is 1. The minimum Gasteiger partial charge on any atom is -0.480 e.